The Bertz CT molecular complexity index is 1520. The van der Waals surface area contributed by atoms with Crippen LogP contribution < -0.4 is 11.1 Å². The van der Waals surface area contributed by atoms with E-state index < -0.39 is 0 Å². The highest BCUT2D eigenvalue weighted by Gasteiger charge is 2.24. The highest BCUT2D eigenvalue weighted by molar-refractivity contribution is 5.85. The van der Waals surface area contributed by atoms with Gasteiger partial charge in [0.05, 0.1) is 0 Å². The standard InChI is InChI=1S/C23H33N3O4.C12H11N.C6H6/c1-18(15-25-11-7-20(8-12-25)29-17-27)16-26-13-9-21(10-14-26)30-23(28)24-22-6-4-3-5-19(22)2;13-12-9-5-4-8-11(12)10-6-2-1-3-7-10;1-2-4-6-5-3-1/h3-6,17,20-21H,1,7-16H2,2H3,(H,24,28);1-9H,13H2;1-6H. The number of likely N-dealkylation sites (tertiary alicyclic amines) is 2. The third-order valence-electron chi connectivity index (χ3n) is 8.58. The van der Waals surface area contributed by atoms with Crippen molar-refractivity contribution in [2.75, 3.05) is 50.3 Å². The lowest BCUT2D eigenvalue weighted by Gasteiger charge is -2.34. The second kappa shape index (κ2) is 20.4. The fourth-order valence-electron chi connectivity index (χ4n) is 5.92. The Morgan fingerprint density at radius 2 is 1.24 bits per heavy atom. The van der Waals surface area contributed by atoms with Crippen molar-refractivity contribution in [1.82, 2.24) is 9.80 Å². The van der Waals surface area contributed by atoms with E-state index in [1.54, 1.807) is 0 Å². The maximum Gasteiger partial charge on any atom is 0.411 e. The molecule has 8 heteroatoms. The molecule has 2 saturated heterocycles. The number of piperidine rings is 2. The predicted octanol–water partition coefficient (Wildman–Crippen LogP) is 7.82. The van der Waals surface area contributed by atoms with Gasteiger partial charge in [0, 0.05) is 56.2 Å². The topological polar surface area (TPSA) is 97.1 Å². The zero-order valence-corrected chi connectivity index (χ0v) is 28.6. The number of nitrogen functional groups attached to an aromatic ring is 1. The van der Waals surface area contributed by atoms with Crippen LogP contribution in [-0.2, 0) is 14.3 Å². The van der Waals surface area contributed by atoms with Crippen molar-refractivity contribution in [3.8, 4) is 11.1 Å². The summed E-state index contributed by atoms with van der Waals surface area (Å²) < 4.78 is 10.7. The summed E-state index contributed by atoms with van der Waals surface area (Å²) in [6.45, 7) is 12.2. The van der Waals surface area contributed by atoms with Gasteiger partial charge >= 0.3 is 6.09 Å². The molecule has 4 aromatic carbocycles. The Morgan fingerprint density at radius 1 is 0.755 bits per heavy atom. The van der Waals surface area contributed by atoms with E-state index in [4.69, 9.17) is 15.2 Å². The van der Waals surface area contributed by atoms with E-state index in [0.717, 1.165) is 87.5 Å². The fourth-order valence-corrected chi connectivity index (χ4v) is 5.92. The molecular formula is C41H50N4O4. The van der Waals surface area contributed by atoms with E-state index in [2.05, 4.69) is 33.8 Å². The maximum atomic E-state index is 12.2. The number of hydrogen-bond donors (Lipinski definition) is 2. The number of rotatable bonds is 9. The van der Waals surface area contributed by atoms with Crippen molar-refractivity contribution in [3.63, 3.8) is 0 Å². The van der Waals surface area contributed by atoms with Gasteiger partial charge in [-0.2, -0.15) is 0 Å². The van der Waals surface area contributed by atoms with Crippen LogP contribution in [0.2, 0.25) is 0 Å². The summed E-state index contributed by atoms with van der Waals surface area (Å²) in [7, 11) is 0. The van der Waals surface area contributed by atoms with Crippen molar-refractivity contribution < 1.29 is 19.1 Å². The number of para-hydroxylation sites is 2. The molecule has 0 bridgehead atoms. The number of carbonyl (C=O) groups excluding carboxylic acids is 2. The smallest absolute Gasteiger partial charge is 0.411 e. The first-order valence-electron chi connectivity index (χ1n) is 17.0. The van der Waals surface area contributed by atoms with E-state index >= 15 is 0 Å². The van der Waals surface area contributed by atoms with Gasteiger partial charge in [-0.15, -0.1) is 0 Å². The molecule has 0 aliphatic carbocycles. The predicted molar refractivity (Wildman–Crippen MR) is 199 cm³/mol. The van der Waals surface area contributed by atoms with Crippen molar-refractivity contribution in [2.24, 2.45) is 0 Å². The van der Waals surface area contributed by atoms with Crippen molar-refractivity contribution >= 4 is 23.9 Å². The van der Waals surface area contributed by atoms with Crippen LogP contribution in [0.1, 0.15) is 31.2 Å². The SMILES string of the molecule is C=C(CN1CCC(OC=O)CC1)CN1CCC(OC(=O)Nc2ccccc2C)CC1.Nc1ccccc1-c1ccccc1.c1ccccc1. The Morgan fingerprint density at radius 3 is 1.80 bits per heavy atom. The van der Waals surface area contributed by atoms with Gasteiger partial charge in [-0.05, 0) is 61.4 Å². The van der Waals surface area contributed by atoms with Gasteiger partial charge in [0.25, 0.3) is 6.47 Å². The van der Waals surface area contributed by atoms with E-state index in [9.17, 15) is 9.59 Å². The average Bonchev–Trinajstić information content (AvgIpc) is 3.13. The molecule has 258 valence electrons. The van der Waals surface area contributed by atoms with Gasteiger partial charge in [-0.3, -0.25) is 19.9 Å². The maximum absolute atomic E-state index is 12.2. The van der Waals surface area contributed by atoms with Crippen LogP contribution in [-0.4, -0.2) is 73.8 Å². The third-order valence-corrected chi connectivity index (χ3v) is 8.58. The lowest BCUT2D eigenvalue weighted by Crippen LogP contribution is -2.42. The van der Waals surface area contributed by atoms with Crippen molar-refractivity contribution in [1.29, 1.82) is 0 Å². The van der Waals surface area contributed by atoms with E-state index in [1.807, 2.05) is 110 Å². The number of nitrogens with one attached hydrogen (secondary N) is 1. The Balaban J connectivity index is 0.000000230. The molecule has 0 spiro atoms. The minimum Gasteiger partial charge on any atom is -0.464 e. The first-order chi connectivity index (χ1) is 23.9. The Kier molecular flexibility index (Phi) is 15.4. The molecule has 2 fully saturated rings. The van der Waals surface area contributed by atoms with Gasteiger partial charge in [-0.1, -0.05) is 110 Å². The molecule has 1 amide bonds. The van der Waals surface area contributed by atoms with Crippen LogP contribution >= 0.6 is 0 Å². The number of aryl methyl sites for hydroxylation is 1. The fraction of sp³-hybridized carbons (Fsp3) is 0.317. The Hall–Kier alpha value is -4.92. The summed E-state index contributed by atoms with van der Waals surface area (Å²) in [5.41, 5.74) is 11.9. The number of benzene rings is 4. The van der Waals surface area contributed by atoms with Gasteiger partial charge in [0.15, 0.2) is 0 Å². The minimum atomic E-state index is -0.380. The molecule has 0 atom stereocenters. The number of hydrogen-bond acceptors (Lipinski definition) is 7. The number of carbonyl (C=O) groups is 2. The summed E-state index contributed by atoms with van der Waals surface area (Å²) in [4.78, 5) is 27.4. The molecule has 8 nitrogen and oxygen atoms in total. The third kappa shape index (κ3) is 13.2. The van der Waals surface area contributed by atoms with Crippen LogP contribution in [0.15, 0.2) is 127 Å². The molecular weight excluding hydrogens is 612 g/mol. The molecule has 2 aliphatic heterocycles. The average molecular weight is 663 g/mol. The van der Waals surface area contributed by atoms with Gasteiger partial charge < -0.3 is 15.2 Å². The normalized spacial score (nSPS) is 15.4. The molecule has 2 heterocycles. The quantitative estimate of drug-likeness (QED) is 0.107. The van der Waals surface area contributed by atoms with Crippen LogP contribution in [0, 0.1) is 6.92 Å². The summed E-state index contributed by atoms with van der Waals surface area (Å²) in [6.07, 6.45) is 3.09. The zero-order chi connectivity index (χ0) is 34.7. The molecule has 0 unspecified atom stereocenters. The molecule has 3 N–H and O–H groups in total. The van der Waals surface area contributed by atoms with Crippen LogP contribution in [0.3, 0.4) is 0 Å². The van der Waals surface area contributed by atoms with Crippen LogP contribution in [0.5, 0.6) is 0 Å². The lowest BCUT2D eigenvalue weighted by molar-refractivity contribution is -0.135. The molecule has 0 radical (unpaired) electrons. The summed E-state index contributed by atoms with van der Waals surface area (Å²) in [6, 6.07) is 37.7. The Labute approximate surface area is 291 Å². The molecule has 0 saturated carbocycles. The van der Waals surface area contributed by atoms with E-state index in [0.29, 0.717) is 6.47 Å². The van der Waals surface area contributed by atoms with Gasteiger partial charge in [-0.25, -0.2) is 4.79 Å². The second-order valence-electron chi connectivity index (χ2n) is 12.4. The van der Waals surface area contributed by atoms with Gasteiger partial charge in [0.2, 0.25) is 0 Å². The minimum absolute atomic E-state index is 0.0459. The number of amides is 1. The molecule has 0 aromatic heterocycles. The van der Waals surface area contributed by atoms with Crippen molar-refractivity contribution in [2.45, 2.75) is 44.8 Å². The monoisotopic (exact) mass is 662 g/mol. The first kappa shape index (κ1) is 36.9. The highest BCUT2D eigenvalue weighted by Crippen LogP contribution is 2.24. The second-order valence-corrected chi connectivity index (χ2v) is 12.4. The largest absolute Gasteiger partial charge is 0.464 e. The van der Waals surface area contributed by atoms with Gasteiger partial charge in [0.1, 0.15) is 12.2 Å². The molecule has 4 aromatic rings. The summed E-state index contributed by atoms with van der Waals surface area (Å²) >= 11 is 0. The van der Waals surface area contributed by atoms with Crippen molar-refractivity contribution in [3.05, 3.63) is 133 Å². The number of anilines is 2. The summed E-state index contributed by atoms with van der Waals surface area (Å²) in [5, 5.41) is 2.83. The first-order valence-corrected chi connectivity index (χ1v) is 17.0. The highest BCUT2D eigenvalue weighted by atomic mass is 16.6. The zero-order valence-electron chi connectivity index (χ0n) is 28.6. The molecule has 49 heavy (non-hydrogen) atoms. The molecule has 2 aliphatic rings. The number of nitrogens with two attached hydrogens (primary N) is 1. The number of nitrogens with zero attached hydrogens (tertiary/aromatic N) is 2. The van der Waals surface area contributed by atoms with Crippen LogP contribution in [0.4, 0.5) is 16.2 Å². The van der Waals surface area contributed by atoms with E-state index in [1.165, 1.54) is 11.1 Å². The summed E-state index contributed by atoms with van der Waals surface area (Å²) in [5.74, 6) is 0. The lowest BCUT2D eigenvalue weighted by atomic mass is 10.0. The molecule has 6 rings (SSSR count). The van der Waals surface area contributed by atoms with E-state index in [-0.39, 0.29) is 18.3 Å². The van der Waals surface area contributed by atoms with Crippen LogP contribution in [0.25, 0.3) is 11.1 Å². The number of ether oxygens (including phenoxy) is 2.